The van der Waals surface area contributed by atoms with E-state index in [9.17, 15) is 4.79 Å². The maximum Gasteiger partial charge on any atom is 0.224 e. The predicted molar refractivity (Wildman–Crippen MR) is 90.6 cm³/mol. The van der Waals surface area contributed by atoms with Crippen LogP contribution < -0.4 is 11.1 Å². The van der Waals surface area contributed by atoms with Crippen molar-refractivity contribution in [2.24, 2.45) is 5.92 Å². The van der Waals surface area contributed by atoms with Gasteiger partial charge in [-0.1, -0.05) is 31.9 Å². The second kappa shape index (κ2) is 8.93. The van der Waals surface area contributed by atoms with E-state index in [0.29, 0.717) is 12.5 Å². The lowest BCUT2D eigenvalue weighted by Gasteiger charge is -2.29. The van der Waals surface area contributed by atoms with Gasteiger partial charge >= 0.3 is 0 Å². The Morgan fingerprint density at radius 1 is 1.19 bits per heavy atom. The summed E-state index contributed by atoms with van der Waals surface area (Å²) in [7, 11) is 0. The van der Waals surface area contributed by atoms with Gasteiger partial charge in [0, 0.05) is 11.7 Å². The Labute approximate surface area is 134 Å². The van der Waals surface area contributed by atoms with E-state index in [-0.39, 0.29) is 18.3 Å². The fourth-order valence-electron chi connectivity index (χ4n) is 3.10. The number of carbonyl (C=O) groups excluding carboxylic acids is 1. The molecule has 1 amide bonds. The highest BCUT2D eigenvalue weighted by atomic mass is 35.5. The van der Waals surface area contributed by atoms with Crippen LogP contribution in [-0.4, -0.2) is 11.9 Å². The molecule has 0 heterocycles. The Morgan fingerprint density at radius 3 is 2.38 bits per heavy atom. The average molecular weight is 311 g/mol. The summed E-state index contributed by atoms with van der Waals surface area (Å²) < 4.78 is 0. The van der Waals surface area contributed by atoms with Crippen LogP contribution in [-0.2, 0) is 11.2 Å². The molecule has 0 spiro atoms. The molecule has 3 nitrogen and oxygen atoms in total. The fourth-order valence-corrected chi connectivity index (χ4v) is 3.10. The molecule has 0 bridgehead atoms. The molecule has 0 saturated heterocycles. The van der Waals surface area contributed by atoms with Gasteiger partial charge in [-0.2, -0.15) is 0 Å². The van der Waals surface area contributed by atoms with E-state index in [1.54, 1.807) is 0 Å². The van der Waals surface area contributed by atoms with E-state index in [0.717, 1.165) is 30.0 Å². The standard InChI is InChI=1S/C17H26N2O.ClH/c1-2-3-13-6-10-16(11-7-13)19-17(20)12-14-4-8-15(18)9-5-14;/h4-5,8-9,13,16H,2-3,6-7,10-12,18H2,1H3,(H,19,20);1H. The number of nitrogen functional groups attached to an aromatic ring is 1. The van der Waals surface area contributed by atoms with Crippen molar-refractivity contribution < 1.29 is 4.79 Å². The van der Waals surface area contributed by atoms with Crippen LogP contribution in [0.25, 0.3) is 0 Å². The third-order valence-electron chi connectivity index (χ3n) is 4.25. The van der Waals surface area contributed by atoms with Crippen LogP contribution in [0.3, 0.4) is 0 Å². The van der Waals surface area contributed by atoms with Crippen LogP contribution in [0.4, 0.5) is 5.69 Å². The number of nitrogens with one attached hydrogen (secondary N) is 1. The molecule has 0 unspecified atom stereocenters. The first-order chi connectivity index (χ1) is 9.67. The first-order valence-electron chi connectivity index (χ1n) is 7.81. The number of halogens is 1. The SMILES string of the molecule is CCCC1CCC(NC(=O)Cc2ccc(N)cc2)CC1.Cl. The molecule has 1 aliphatic carbocycles. The third kappa shape index (κ3) is 5.96. The molecular weight excluding hydrogens is 284 g/mol. The first-order valence-corrected chi connectivity index (χ1v) is 7.81. The molecule has 1 aromatic carbocycles. The summed E-state index contributed by atoms with van der Waals surface area (Å²) in [6, 6.07) is 7.92. The van der Waals surface area contributed by atoms with E-state index < -0.39 is 0 Å². The summed E-state index contributed by atoms with van der Waals surface area (Å²) in [5, 5.41) is 3.17. The summed E-state index contributed by atoms with van der Waals surface area (Å²) in [5.41, 5.74) is 7.41. The molecular formula is C17H27ClN2O. The van der Waals surface area contributed by atoms with Crippen molar-refractivity contribution in [3.8, 4) is 0 Å². The monoisotopic (exact) mass is 310 g/mol. The van der Waals surface area contributed by atoms with Crippen molar-refractivity contribution in [2.45, 2.75) is 57.9 Å². The Morgan fingerprint density at radius 2 is 1.81 bits per heavy atom. The molecule has 1 aliphatic rings. The van der Waals surface area contributed by atoms with Gasteiger partial charge in [-0.05, 0) is 49.3 Å². The number of amides is 1. The van der Waals surface area contributed by atoms with Gasteiger partial charge in [-0.15, -0.1) is 12.4 Å². The van der Waals surface area contributed by atoms with Gasteiger partial charge in [0.1, 0.15) is 0 Å². The smallest absolute Gasteiger partial charge is 0.224 e. The molecule has 1 fully saturated rings. The molecule has 4 heteroatoms. The zero-order chi connectivity index (χ0) is 14.4. The molecule has 0 atom stereocenters. The van der Waals surface area contributed by atoms with E-state index >= 15 is 0 Å². The van der Waals surface area contributed by atoms with Gasteiger partial charge in [0.2, 0.25) is 5.91 Å². The third-order valence-corrected chi connectivity index (χ3v) is 4.25. The van der Waals surface area contributed by atoms with E-state index in [2.05, 4.69) is 12.2 Å². The molecule has 3 N–H and O–H groups in total. The van der Waals surface area contributed by atoms with Crippen LogP contribution in [0.2, 0.25) is 0 Å². The van der Waals surface area contributed by atoms with Gasteiger partial charge in [0.25, 0.3) is 0 Å². The highest BCUT2D eigenvalue weighted by molar-refractivity contribution is 5.85. The number of rotatable bonds is 5. The minimum absolute atomic E-state index is 0. The van der Waals surface area contributed by atoms with Crippen molar-refractivity contribution in [1.29, 1.82) is 0 Å². The number of hydrogen-bond acceptors (Lipinski definition) is 2. The minimum Gasteiger partial charge on any atom is -0.399 e. The predicted octanol–water partition coefficient (Wildman–Crippen LogP) is 3.71. The summed E-state index contributed by atoms with van der Waals surface area (Å²) in [5.74, 6) is 1.01. The van der Waals surface area contributed by atoms with E-state index in [1.807, 2.05) is 24.3 Å². The largest absolute Gasteiger partial charge is 0.399 e. The van der Waals surface area contributed by atoms with Crippen molar-refractivity contribution >= 4 is 24.0 Å². The lowest BCUT2D eigenvalue weighted by molar-refractivity contribution is -0.121. The molecule has 2 rings (SSSR count). The fraction of sp³-hybridized carbons (Fsp3) is 0.588. The van der Waals surface area contributed by atoms with Crippen molar-refractivity contribution in [1.82, 2.24) is 5.32 Å². The van der Waals surface area contributed by atoms with Crippen LogP contribution in [0.1, 0.15) is 51.0 Å². The van der Waals surface area contributed by atoms with Gasteiger partial charge in [-0.25, -0.2) is 0 Å². The van der Waals surface area contributed by atoms with Crippen LogP contribution in [0, 0.1) is 5.92 Å². The lowest BCUT2D eigenvalue weighted by Crippen LogP contribution is -2.38. The second-order valence-corrected chi connectivity index (χ2v) is 5.99. The number of carbonyl (C=O) groups is 1. The van der Waals surface area contributed by atoms with Crippen LogP contribution in [0.15, 0.2) is 24.3 Å². The molecule has 0 aliphatic heterocycles. The average Bonchev–Trinajstić information content (AvgIpc) is 2.44. The number of anilines is 1. The normalized spacial score (nSPS) is 21.4. The summed E-state index contributed by atoms with van der Waals surface area (Å²) in [6.45, 7) is 2.25. The zero-order valence-corrected chi connectivity index (χ0v) is 13.6. The van der Waals surface area contributed by atoms with Gasteiger partial charge in [-0.3, -0.25) is 4.79 Å². The summed E-state index contributed by atoms with van der Waals surface area (Å²) >= 11 is 0. The quantitative estimate of drug-likeness (QED) is 0.815. The van der Waals surface area contributed by atoms with Crippen molar-refractivity contribution in [2.75, 3.05) is 5.73 Å². The number of hydrogen-bond donors (Lipinski definition) is 2. The van der Waals surface area contributed by atoms with Gasteiger partial charge in [0.05, 0.1) is 6.42 Å². The highest BCUT2D eigenvalue weighted by Crippen LogP contribution is 2.27. The Kier molecular flexibility index (Phi) is 7.58. The van der Waals surface area contributed by atoms with Crippen LogP contribution in [0.5, 0.6) is 0 Å². The van der Waals surface area contributed by atoms with Gasteiger partial charge < -0.3 is 11.1 Å². The maximum atomic E-state index is 12.0. The molecule has 1 aromatic rings. The van der Waals surface area contributed by atoms with Crippen molar-refractivity contribution in [3.63, 3.8) is 0 Å². The number of nitrogens with two attached hydrogens (primary N) is 1. The topological polar surface area (TPSA) is 55.1 Å². The van der Waals surface area contributed by atoms with Crippen molar-refractivity contribution in [3.05, 3.63) is 29.8 Å². The zero-order valence-electron chi connectivity index (χ0n) is 12.8. The highest BCUT2D eigenvalue weighted by Gasteiger charge is 2.21. The minimum atomic E-state index is 0. The number of benzene rings is 1. The van der Waals surface area contributed by atoms with Crippen LogP contribution >= 0.6 is 12.4 Å². The van der Waals surface area contributed by atoms with E-state index in [4.69, 9.17) is 5.73 Å². The van der Waals surface area contributed by atoms with Gasteiger partial charge in [0.15, 0.2) is 0 Å². The molecule has 21 heavy (non-hydrogen) atoms. The summed E-state index contributed by atoms with van der Waals surface area (Å²) in [4.78, 5) is 12.0. The Hall–Kier alpha value is -1.22. The molecule has 0 radical (unpaired) electrons. The second-order valence-electron chi connectivity index (χ2n) is 5.99. The lowest BCUT2D eigenvalue weighted by atomic mass is 9.83. The Balaban J connectivity index is 0.00000220. The molecule has 0 aromatic heterocycles. The molecule has 118 valence electrons. The summed E-state index contributed by atoms with van der Waals surface area (Å²) in [6.07, 6.45) is 7.87. The first kappa shape index (κ1) is 17.8. The van der Waals surface area contributed by atoms with E-state index in [1.165, 1.54) is 25.7 Å². The molecule has 1 saturated carbocycles. The maximum absolute atomic E-state index is 12.0. The Bertz CT molecular complexity index is 425.